The van der Waals surface area contributed by atoms with Crippen LogP contribution in [0.15, 0.2) is 58.3 Å². The molecule has 0 unspecified atom stereocenters. The Morgan fingerprint density at radius 1 is 1.03 bits per heavy atom. The first-order valence-electron chi connectivity index (χ1n) is 9.41. The summed E-state index contributed by atoms with van der Waals surface area (Å²) in [5.74, 6) is -0.184. The van der Waals surface area contributed by atoms with Crippen LogP contribution >= 0.6 is 0 Å². The van der Waals surface area contributed by atoms with Gasteiger partial charge in [0.1, 0.15) is 16.9 Å². The summed E-state index contributed by atoms with van der Waals surface area (Å²) in [7, 11) is 4.32. The van der Waals surface area contributed by atoms with E-state index in [9.17, 15) is 14.4 Å². The number of rotatable bonds is 8. The normalized spacial score (nSPS) is 10.3. The van der Waals surface area contributed by atoms with Crippen molar-refractivity contribution in [2.45, 2.75) is 0 Å². The van der Waals surface area contributed by atoms with Crippen LogP contribution in [0.2, 0.25) is 0 Å². The van der Waals surface area contributed by atoms with Crippen LogP contribution < -0.4 is 29.9 Å². The van der Waals surface area contributed by atoms with Gasteiger partial charge in [0.2, 0.25) is 5.75 Å². The molecule has 32 heavy (non-hydrogen) atoms. The van der Waals surface area contributed by atoms with Gasteiger partial charge in [-0.3, -0.25) is 4.79 Å². The molecule has 0 bridgehead atoms. The number of hydrogen-bond acceptors (Lipinski definition) is 8. The quantitative estimate of drug-likeness (QED) is 0.247. The van der Waals surface area contributed by atoms with E-state index in [4.69, 9.17) is 23.4 Å². The van der Waals surface area contributed by atoms with E-state index in [1.54, 1.807) is 6.07 Å². The fourth-order valence-electron chi connectivity index (χ4n) is 2.94. The molecule has 1 amide bonds. The molecule has 9 heteroatoms. The van der Waals surface area contributed by atoms with Crippen LogP contribution in [0.5, 0.6) is 23.0 Å². The molecule has 3 rings (SSSR count). The van der Waals surface area contributed by atoms with Gasteiger partial charge < -0.3 is 28.7 Å². The summed E-state index contributed by atoms with van der Waals surface area (Å²) in [4.78, 5) is 36.9. The molecular formula is C23H21NO8. The van der Waals surface area contributed by atoms with E-state index in [0.717, 1.165) is 0 Å². The summed E-state index contributed by atoms with van der Waals surface area (Å²) in [6, 6.07) is 8.80. The second kappa shape index (κ2) is 9.69. The van der Waals surface area contributed by atoms with Gasteiger partial charge in [-0.05, 0) is 30.3 Å². The molecule has 9 nitrogen and oxygen atoms in total. The molecule has 0 saturated heterocycles. The average molecular weight is 439 g/mol. The van der Waals surface area contributed by atoms with Gasteiger partial charge in [0.25, 0.3) is 5.91 Å². The van der Waals surface area contributed by atoms with Gasteiger partial charge in [-0.25, -0.2) is 9.59 Å². The summed E-state index contributed by atoms with van der Waals surface area (Å²) in [5, 5.41) is 3.01. The van der Waals surface area contributed by atoms with Crippen LogP contribution in [0, 0.1) is 0 Å². The molecule has 0 aliphatic rings. The smallest absolute Gasteiger partial charge is 0.349 e. The Labute approximate surface area is 183 Å². The number of amides is 1. The minimum Gasteiger partial charge on any atom is -0.493 e. The SMILES string of the molecule is C=CCNC(=O)c1cc2ccc(OC(=O)c3cc(OC)c(OC)c(OC)c3)cc2oc1=O. The molecule has 0 atom stereocenters. The van der Waals surface area contributed by atoms with Crippen LogP contribution in [0.4, 0.5) is 0 Å². The van der Waals surface area contributed by atoms with E-state index in [1.807, 2.05) is 0 Å². The van der Waals surface area contributed by atoms with E-state index in [-0.39, 0.29) is 29.0 Å². The fraction of sp³-hybridized carbons (Fsp3) is 0.174. The summed E-state index contributed by atoms with van der Waals surface area (Å²) in [5.41, 5.74) is -0.630. The lowest BCUT2D eigenvalue weighted by atomic mass is 10.1. The maximum atomic E-state index is 12.7. The highest BCUT2D eigenvalue weighted by molar-refractivity contribution is 5.97. The van der Waals surface area contributed by atoms with E-state index < -0.39 is 17.5 Å². The zero-order valence-electron chi connectivity index (χ0n) is 17.7. The third-order valence-corrected chi connectivity index (χ3v) is 4.47. The second-order valence-electron chi connectivity index (χ2n) is 6.45. The summed E-state index contributed by atoms with van der Waals surface area (Å²) in [6.07, 6.45) is 1.50. The summed E-state index contributed by atoms with van der Waals surface area (Å²) >= 11 is 0. The Morgan fingerprint density at radius 3 is 2.31 bits per heavy atom. The largest absolute Gasteiger partial charge is 0.493 e. The van der Waals surface area contributed by atoms with Crippen molar-refractivity contribution in [1.82, 2.24) is 5.32 Å². The Bertz CT molecular complexity index is 1220. The number of carbonyl (C=O) groups is 2. The molecule has 2 aromatic carbocycles. The predicted molar refractivity (Wildman–Crippen MR) is 116 cm³/mol. The Kier molecular flexibility index (Phi) is 6.79. The topological polar surface area (TPSA) is 113 Å². The van der Waals surface area contributed by atoms with Gasteiger partial charge in [0.05, 0.1) is 26.9 Å². The molecule has 1 aromatic heterocycles. The van der Waals surface area contributed by atoms with E-state index in [2.05, 4.69) is 11.9 Å². The second-order valence-corrected chi connectivity index (χ2v) is 6.45. The maximum absolute atomic E-state index is 12.7. The molecule has 3 aromatic rings. The molecule has 0 radical (unpaired) electrons. The van der Waals surface area contributed by atoms with Crippen LogP contribution in [0.25, 0.3) is 11.0 Å². The number of nitrogens with one attached hydrogen (secondary N) is 1. The number of fused-ring (bicyclic) bond motifs is 1. The standard InChI is InChI=1S/C23H21NO8/c1-5-8-24-21(25)16-9-13-6-7-15(12-17(13)32-23(16)27)31-22(26)14-10-18(28-2)20(30-4)19(11-14)29-3/h5-7,9-12H,1,8H2,2-4H3,(H,24,25). The van der Waals surface area contributed by atoms with Crippen LogP contribution in [0.1, 0.15) is 20.7 Å². The van der Waals surface area contributed by atoms with Crippen LogP contribution in [-0.4, -0.2) is 39.8 Å². The lowest BCUT2D eigenvalue weighted by Gasteiger charge is -2.13. The molecule has 1 heterocycles. The van der Waals surface area contributed by atoms with Crippen LogP contribution in [0.3, 0.4) is 0 Å². The van der Waals surface area contributed by atoms with Gasteiger partial charge >= 0.3 is 11.6 Å². The number of ether oxygens (including phenoxy) is 4. The van der Waals surface area contributed by atoms with Crippen molar-refractivity contribution in [2.75, 3.05) is 27.9 Å². The van der Waals surface area contributed by atoms with E-state index >= 15 is 0 Å². The average Bonchev–Trinajstić information content (AvgIpc) is 2.80. The maximum Gasteiger partial charge on any atom is 0.349 e. The molecule has 0 aliphatic carbocycles. The monoisotopic (exact) mass is 439 g/mol. The minimum absolute atomic E-state index is 0.137. The number of benzene rings is 2. The molecule has 0 aliphatic heterocycles. The third kappa shape index (κ3) is 4.56. The van der Waals surface area contributed by atoms with E-state index in [0.29, 0.717) is 22.6 Å². The first kappa shape index (κ1) is 22.4. The molecule has 0 fully saturated rings. The first-order valence-corrected chi connectivity index (χ1v) is 9.41. The van der Waals surface area contributed by atoms with Gasteiger partial charge in [-0.2, -0.15) is 0 Å². The van der Waals surface area contributed by atoms with Gasteiger partial charge in [-0.15, -0.1) is 6.58 Å². The number of esters is 1. The van der Waals surface area contributed by atoms with Gasteiger partial charge in [0, 0.05) is 18.0 Å². The van der Waals surface area contributed by atoms with Gasteiger partial charge in [0.15, 0.2) is 11.5 Å². The van der Waals surface area contributed by atoms with Crippen molar-refractivity contribution in [2.24, 2.45) is 0 Å². The lowest BCUT2D eigenvalue weighted by molar-refractivity contribution is 0.0733. The highest BCUT2D eigenvalue weighted by atomic mass is 16.5. The van der Waals surface area contributed by atoms with Crippen molar-refractivity contribution in [3.8, 4) is 23.0 Å². The Hall–Kier alpha value is -4.27. The summed E-state index contributed by atoms with van der Waals surface area (Å²) in [6.45, 7) is 3.72. The highest BCUT2D eigenvalue weighted by Gasteiger charge is 2.19. The minimum atomic E-state index is -0.813. The van der Waals surface area contributed by atoms with E-state index in [1.165, 1.54) is 57.7 Å². The predicted octanol–water partition coefficient (Wildman–Crippen LogP) is 2.95. The fourth-order valence-corrected chi connectivity index (χ4v) is 2.94. The van der Waals surface area contributed by atoms with Crippen molar-refractivity contribution >= 4 is 22.8 Å². The van der Waals surface area contributed by atoms with Crippen molar-refractivity contribution in [3.05, 3.63) is 70.6 Å². The number of methoxy groups -OCH3 is 3. The van der Waals surface area contributed by atoms with Crippen molar-refractivity contribution < 1.29 is 33.0 Å². The lowest BCUT2D eigenvalue weighted by Crippen LogP contribution is -2.28. The van der Waals surface area contributed by atoms with Crippen molar-refractivity contribution in [3.63, 3.8) is 0 Å². The van der Waals surface area contributed by atoms with Crippen molar-refractivity contribution in [1.29, 1.82) is 0 Å². The van der Waals surface area contributed by atoms with Gasteiger partial charge in [-0.1, -0.05) is 6.08 Å². The molecule has 166 valence electrons. The zero-order chi connectivity index (χ0) is 23.3. The summed E-state index contributed by atoms with van der Waals surface area (Å²) < 4.78 is 26.4. The molecule has 1 N–H and O–H groups in total. The first-order chi connectivity index (χ1) is 15.4. The Morgan fingerprint density at radius 2 is 1.72 bits per heavy atom. The molecule has 0 spiro atoms. The highest BCUT2D eigenvalue weighted by Crippen LogP contribution is 2.38. The molecular weight excluding hydrogens is 418 g/mol. The third-order valence-electron chi connectivity index (χ3n) is 4.47. The number of hydrogen-bond donors (Lipinski definition) is 1. The Balaban J connectivity index is 1.89. The van der Waals surface area contributed by atoms with Crippen LogP contribution in [-0.2, 0) is 0 Å². The zero-order valence-corrected chi connectivity index (χ0v) is 17.7. The number of carbonyl (C=O) groups excluding carboxylic acids is 2. The molecule has 0 saturated carbocycles.